The summed E-state index contributed by atoms with van der Waals surface area (Å²) in [4.78, 5) is 36.4. The Morgan fingerprint density at radius 2 is 1.89 bits per heavy atom. The SMILES string of the molecule is CC(C)(F)CN1CCC(COc2cnc(-c3ccc(C(=O)N4CCCC4C(N)=O)cc3F)cn2)CC1. The predicted octanol–water partition coefficient (Wildman–Crippen LogP) is 3.21. The largest absolute Gasteiger partial charge is 0.476 e. The molecule has 0 radical (unpaired) electrons. The van der Waals surface area contributed by atoms with Gasteiger partial charge in [0.1, 0.15) is 17.5 Å². The van der Waals surface area contributed by atoms with E-state index in [1.807, 2.05) is 0 Å². The molecule has 8 nitrogen and oxygen atoms in total. The Bertz CT molecular complexity index is 1080. The van der Waals surface area contributed by atoms with E-state index in [4.69, 9.17) is 10.5 Å². The van der Waals surface area contributed by atoms with Gasteiger partial charge in [-0.3, -0.25) is 9.59 Å². The number of hydrogen-bond donors (Lipinski definition) is 1. The minimum absolute atomic E-state index is 0.151. The molecule has 2 amide bonds. The molecule has 36 heavy (non-hydrogen) atoms. The van der Waals surface area contributed by atoms with E-state index in [1.165, 1.54) is 29.4 Å². The van der Waals surface area contributed by atoms with Crippen LogP contribution in [0.4, 0.5) is 8.78 Å². The maximum Gasteiger partial charge on any atom is 0.254 e. The van der Waals surface area contributed by atoms with Gasteiger partial charge < -0.3 is 20.3 Å². The van der Waals surface area contributed by atoms with Gasteiger partial charge in [0, 0.05) is 24.2 Å². The molecule has 1 atom stereocenters. The quantitative estimate of drug-likeness (QED) is 0.596. The van der Waals surface area contributed by atoms with Gasteiger partial charge in [0.15, 0.2) is 0 Å². The van der Waals surface area contributed by atoms with Crippen LogP contribution in [0.3, 0.4) is 0 Å². The Labute approximate surface area is 209 Å². The third-order valence-electron chi connectivity index (χ3n) is 6.74. The van der Waals surface area contributed by atoms with E-state index in [0.717, 1.165) is 32.0 Å². The number of carbonyl (C=O) groups excluding carboxylic acids is 2. The molecular formula is C26H33F2N5O3. The summed E-state index contributed by atoms with van der Waals surface area (Å²) in [6.07, 6.45) is 5.94. The third-order valence-corrected chi connectivity index (χ3v) is 6.74. The summed E-state index contributed by atoms with van der Waals surface area (Å²) >= 11 is 0. The lowest BCUT2D eigenvalue weighted by atomic mass is 9.97. The Balaban J connectivity index is 1.32. The summed E-state index contributed by atoms with van der Waals surface area (Å²) in [5.41, 5.74) is 4.87. The second-order valence-electron chi connectivity index (χ2n) is 10.2. The van der Waals surface area contributed by atoms with E-state index in [9.17, 15) is 18.4 Å². The molecular weight excluding hydrogens is 468 g/mol. The van der Waals surface area contributed by atoms with E-state index in [1.54, 1.807) is 13.8 Å². The van der Waals surface area contributed by atoms with Gasteiger partial charge in [-0.05, 0) is 76.7 Å². The second kappa shape index (κ2) is 10.9. The predicted molar refractivity (Wildman–Crippen MR) is 131 cm³/mol. The lowest BCUT2D eigenvalue weighted by molar-refractivity contribution is -0.121. The van der Waals surface area contributed by atoms with Crippen LogP contribution in [0.5, 0.6) is 5.88 Å². The van der Waals surface area contributed by atoms with E-state index in [2.05, 4.69) is 14.9 Å². The molecule has 1 aromatic carbocycles. The number of aromatic nitrogens is 2. The van der Waals surface area contributed by atoms with Gasteiger partial charge in [-0.1, -0.05) is 0 Å². The maximum absolute atomic E-state index is 14.9. The first kappa shape index (κ1) is 25.9. The van der Waals surface area contributed by atoms with Gasteiger partial charge in [-0.15, -0.1) is 0 Å². The van der Waals surface area contributed by atoms with Crippen molar-refractivity contribution in [3.05, 3.63) is 42.0 Å². The van der Waals surface area contributed by atoms with Gasteiger partial charge in [0.2, 0.25) is 11.8 Å². The van der Waals surface area contributed by atoms with Gasteiger partial charge in [0.25, 0.3) is 5.91 Å². The summed E-state index contributed by atoms with van der Waals surface area (Å²) in [6.45, 7) is 6.21. The highest BCUT2D eigenvalue weighted by Gasteiger charge is 2.33. The lowest BCUT2D eigenvalue weighted by Gasteiger charge is -2.34. The summed E-state index contributed by atoms with van der Waals surface area (Å²) in [5, 5.41) is 0. The summed E-state index contributed by atoms with van der Waals surface area (Å²) in [6, 6.07) is 3.49. The van der Waals surface area contributed by atoms with Crippen molar-refractivity contribution in [2.45, 2.75) is 51.2 Å². The van der Waals surface area contributed by atoms with Crippen LogP contribution in [0.15, 0.2) is 30.6 Å². The zero-order chi connectivity index (χ0) is 25.9. The Kier molecular flexibility index (Phi) is 7.82. The average Bonchev–Trinajstić information content (AvgIpc) is 3.33. The highest BCUT2D eigenvalue weighted by atomic mass is 19.1. The van der Waals surface area contributed by atoms with Crippen molar-refractivity contribution >= 4 is 11.8 Å². The fraction of sp³-hybridized carbons (Fsp3) is 0.538. The molecule has 2 aliphatic heterocycles. The fourth-order valence-corrected chi connectivity index (χ4v) is 4.90. The number of piperidine rings is 1. The molecule has 3 heterocycles. The van der Waals surface area contributed by atoms with Crippen LogP contribution in [0.2, 0.25) is 0 Å². The number of likely N-dealkylation sites (tertiary alicyclic amines) is 2. The number of benzene rings is 1. The van der Waals surface area contributed by atoms with Crippen LogP contribution in [-0.4, -0.2) is 76.1 Å². The number of amides is 2. The number of nitrogens with zero attached hydrogens (tertiary/aromatic N) is 4. The number of hydrogen-bond acceptors (Lipinski definition) is 6. The van der Waals surface area contributed by atoms with Gasteiger partial charge >= 0.3 is 0 Å². The molecule has 0 saturated carbocycles. The van der Waals surface area contributed by atoms with Crippen molar-refractivity contribution in [2.24, 2.45) is 11.7 Å². The van der Waals surface area contributed by atoms with Crippen molar-refractivity contribution in [3.63, 3.8) is 0 Å². The Morgan fingerprint density at radius 3 is 2.50 bits per heavy atom. The van der Waals surface area contributed by atoms with Crippen LogP contribution in [-0.2, 0) is 4.79 Å². The molecule has 1 unspecified atom stereocenters. The van der Waals surface area contributed by atoms with Gasteiger partial charge in [0.05, 0.1) is 24.7 Å². The van der Waals surface area contributed by atoms with E-state index in [-0.39, 0.29) is 11.1 Å². The molecule has 0 bridgehead atoms. The molecule has 2 saturated heterocycles. The van der Waals surface area contributed by atoms with Crippen molar-refractivity contribution in [1.29, 1.82) is 0 Å². The minimum Gasteiger partial charge on any atom is -0.476 e. The topological polar surface area (TPSA) is 102 Å². The van der Waals surface area contributed by atoms with E-state index in [0.29, 0.717) is 50.0 Å². The highest BCUT2D eigenvalue weighted by Crippen LogP contribution is 2.26. The molecule has 2 aromatic rings. The average molecular weight is 502 g/mol. The number of nitrogens with two attached hydrogens (primary N) is 1. The fourth-order valence-electron chi connectivity index (χ4n) is 4.90. The number of halogens is 2. The van der Waals surface area contributed by atoms with Crippen molar-refractivity contribution in [1.82, 2.24) is 19.8 Å². The van der Waals surface area contributed by atoms with Crippen LogP contribution in [0, 0.1) is 11.7 Å². The van der Waals surface area contributed by atoms with Crippen LogP contribution < -0.4 is 10.5 Å². The van der Waals surface area contributed by atoms with Gasteiger partial charge in [-0.25, -0.2) is 18.7 Å². The molecule has 1 aromatic heterocycles. The monoisotopic (exact) mass is 501 g/mol. The smallest absolute Gasteiger partial charge is 0.254 e. The zero-order valence-electron chi connectivity index (χ0n) is 20.8. The lowest BCUT2D eigenvalue weighted by Crippen LogP contribution is -2.43. The van der Waals surface area contributed by atoms with Crippen LogP contribution in [0.1, 0.15) is 49.9 Å². The Morgan fingerprint density at radius 1 is 1.14 bits per heavy atom. The molecule has 10 heteroatoms. The van der Waals surface area contributed by atoms with Crippen molar-refractivity contribution < 1.29 is 23.1 Å². The summed E-state index contributed by atoms with van der Waals surface area (Å²) < 4.78 is 34.5. The second-order valence-corrected chi connectivity index (χ2v) is 10.2. The molecule has 2 fully saturated rings. The van der Waals surface area contributed by atoms with Crippen molar-refractivity contribution in [3.8, 4) is 17.1 Å². The Hall–Kier alpha value is -3.14. The first-order chi connectivity index (χ1) is 17.1. The molecule has 4 rings (SSSR count). The minimum atomic E-state index is -1.20. The van der Waals surface area contributed by atoms with E-state index < -0.39 is 29.3 Å². The van der Waals surface area contributed by atoms with Gasteiger partial charge in [-0.2, -0.15) is 0 Å². The number of primary amides is 1. The van der Waals surface area contributed by atoms with Crippen LogP contribution >= 0.6 is 0 Å². The first-order valence-electron chi connectivity index (χ1n) is 12.4. The molecule has 194 valence electrons. The third kappa shape index (κ3) is 6.34. The van der Waals surface area contributed by atoms with Crippen LogP contribution in [0.25, 0.3) is 11.3 Å². The van der Waals surface area contributed by atoms with Crippen molar-refractivity contribution in [2.75, 3.05) is 32.8 Å². The normalized spacial score (nSPS) is 19.4. The highest BCUT2D eigenvalue weighted by molar-refractivity contribution is 5.98. The molecule has 2 N–H and O–H groups in total. The summed E-state index contributed by atoms with van der Waals surface area (Å²) in [7, 11) is 0. The number of ether oxygens (including phenoxy) is 1. The number of rotatable bonds is 8. The number of alkyl halides is 1. The molecule has 0 spiro atoms. The standard InChI is InChI=1S/C26H33F2N5O3/c1-26(2,28)16-32-10-7-17(8-11-32)15-36-23-14-30-21(13-31-23)19-6-5-18(12-20(19)27)25(35)33-9-3-4-22(33)24(29)34/h5-6,12-14,17,22H,3-4,7-11,15-16H2,1-2H3,(H2,29,34). The molecule has 2 aliphatic rings. The zero-order valence-corrected chi connectivity index (χ0v) is 20.8. The number of carbonyl (C=O) groups is 2. The first-order valence-corrected chi connectivity index (χ1v) is 12.4. The van der Waals surface area contributed by atoms with E-state index >= 15 is 0 Å². The molecule has 0 aliphatic carbocycles. The summed E-state index contributed by atoms with van der Waals surface area (Å²) in [5.74, 6) is -0.873. The maximum atomic E-state index is 14.9.